The molecule has 1 aromatic carbocycles. The largest absolute Gasteiger partial charge is 0.465 e. The zero-order valence-electron chi connectivity index (χ0n) is 18.2. The van der Waals surface area contributed by atoms with E-state index in [9.17, 15) is 14.7 Å². The monoisotopic (exact) mass is 483 g/mol. The number of hydrogen-bond donors (Lipinski definition) is 2. The number of halogens is 2. The molecule has 0 radical (unpaired) electrons. The maximum absolute atomic E-state index is 12.4. The van der Waals surface area contributed by atoms with Crippen molar-refractivity contribution in [3.8, 4) is 0 Å². The first kappa shape index (κ1) is 24.3. The van der Waals surface area contributed by atoms with Crippen LogP contribution in [-0.4, -0.2) is 68.6 Å². The molecule has 3 atom stereocenters. The number of nitrogens with zero attached hydrogens (tertiary/aromatic N) is 4. The first-order chi connectivity index (χ1) is 15.0. The molecule has 1 aromatic heterocycles. The topological polar surface area (TPSA) is 110 Å². The van der Waals surface area contributed by atoms with Crippen molar-refractivity contribution in [1.29, 1.82) is 0 Å². The summed E-state index contributed by atoms with van der Waals surface area (Å²) in [6.07, 6.45) is 0.935. The van der Waals surface area contributed by atoms with Gasteiger partial charge in [-0.1, -0.05) is 50.0 Å². The lowest BCUT2D eigenvalue weighted by molar-refractivity contribution is -0.123. The van der Waals surface area contributed by atoms with Crippen LogP contribution in [0.1, 0.15) is 32.3 Å². The highest BCUT2D eigenvalue weighted by Crippen LogP contribution is 2.35. The summed E-state index contributed by atoms with van der Waals surface area (Å²) in [6, 6.07) is 5.21. The van der Waals surface area contributed by atoms with Gasteiger partial charge >= 0.3 is 6.09 Å². The molecular weight excluding hydrogens is 457 g/mol. The van der Waals surface area contributed by atoms with Crippen molar-refractivity contribution in [3.63, 3.8) is 0 Å². The van der Waals surface area contributed by atoms with Crippen LogP contribution in [0.25, 0.3) is 0 Å². The second-order valence-corrected chi connectivity index (χ2v) is 9.71. The van der Waals surface area contributed by atoms with Crippen molar-refractivity contribution in [2.24, 2.45) is 5.41 Å². The van der Waals surface area contributed by atoms with E-state index in [0.29, 0.717) is 10.0 Å². The molecule has 0 bridgehead atoms. The van der Waals surface area contributed by atoms with Crippen LogP contribution in [0.4, 0.5) is 4.79 Å². The van der Waals surface area contributed by atoms with E-state index in [1.54, 1.807) is 12.1 Å². The fraction of sp³-hybridized carbons (Fsp3) is 0.524. The lowest BCUT2D eigenvalue weighted by Crippen LogP contribution is -2.43. The molecule has 32 heavy (non-hydrogen) atoms. The summed E-state index contributed by atoms with van der Waals surface area (Å²) < 4.78 is 7.87. The summed E-state index contributed by atoms with van der Waals surface area (Å²) in [5, 5.41) is 17.4. The van der Waals surface area contributed by atoms with E-state index in [2.05, 4.69) is 15.4 Å². The molecule has 2 N–H and O–H groups in total. The molecule has 11 heteroatoms. The molecule has 0 aliphatic carbocycles. The zero-order valence-corrected chi connectivity index (χ0v) is 19.7. The molecule has 2 heterocycles. The molecule has 174 valence electrons. The van der Waals surface area contributed by atoms with Gasteiger partial charge < -0.3 is 20.1 Å². The van der Waals surface area contributed by atoms with Gasteiger partial charge in [-0.15, -0.1) is 0 Å². The van der Waals surface area contributed by atoms with E-state index in [0.717, 1.165) is 5.56 Å². The Balaban J connectivity index is 1.88. The van der Waals surface area contributed by atoms with Gasteiger partial charge in [-0.2, -0.15) is 5.10 Å². The second-order valence-electron chi connectivity index (χ2n) is 8.89. The molecule has 1 aliphatic heterocycles. The van der Waals surface area contributed by atoms with Gasteiger partial charge in [0.1, 0.15) is 19.2 Å². The Morgan fingerprint density at radius 3 is 2.59 bits per heavy atom. The number of carbonyl (C=O) groups is 2. The average molecular weight is 484 g/mol. The Morgan fingerprint density at radius 1 is 1.25 bits per heavy atom. The van der Waals surface area contributed by atoms with Crippen molar-refractivity contribution in [2.75, 3.05) is 19.6 Å². The maximum Gasteiger partial charge on any atom is 0.407 e. The first-order valence-electron chi connectivity index (χ1n) is 10.2. The van der Waals surface area contributed by atoms with E-state index in [-0.39, 0.29) is 49.5 Å². The number of hydrogen-bond acceptors (Lipinski definition) is 5. The molecule has 0 saturated carbocycles. The number of carbonyl (C=O) groups excluding carboxylic acids is 1. The Labute approximate surface area is 196 Å². The van der Waals surface area contributed by atoms with E-state index < -0.39 is 12.2 Å². The number of aromatic nitrogens is 3. The summed E-state index contributed by atoms with van der Waals surface area (Å²) in [5.74, 6) is -0.612. The van der Waals surface area contributed by atoms with Crippen LogP contribution in [0.15, 0.2) is 30.9 Å². The Hall–Kier alpha value is -2.36. The summed E-state index contributed by atoms with van der Waals surface area (Å²) in [7, 11) is 0. The van der Waals surface area contributed by atoms with Crippen molar-refractivity contribution in [1.82, 2.24) is 25.0 Å². The minimum Gasteiger partial charge on any atom is -0.465 e. The van der Waals surface area contributed by atoms with Gasteiger partial charge in [0.15, 0.2) is 0 Å². The van der Waals surface area contributed by atoms with Gasteiger partial charge in [0, 0.05) is 19.0 Å². The molecule has 3 unspecified atom stereocenters. The lowest BCUT2D eigenvalue weighted by atomic mass is 9.88. The maximum atomic E-state index is 12.4. The molecule has 1 aliphatic rings. The van der Waals surface area contributed by atoms with Crippen LogP contribution in [0.2, 0.25) is 10.0 Å². The number of ether oxygens (including phenoxy) is 1. The third kappa shape index (κ3) is 6.11. The van der Waals surface area contributed by atoms with Gasteiger partial charge in [0.2, 0.25) is 5.91 Å². The standard InChI is InChI=1S/C21H27Cl2N5O4/c1-21(2,3)18-9-27(20(30)31)8-14(13-4-5-15(22)16(23)6-13)17(32-18)7-25-19(29)10-28-12-24-11-26-28/h4-6,11-12,14,17-18H,7-10H2,1-3H3,(H,25,29)(H,30,31). The highest BCUT2D eigenvalue weighted by molar-refractivity contribution is 6.42. The van der Waals surface area contributed by atoms with Crippen LogP contribution in [0.3, 0.4) is 0 Å². The van der Waals surface area contributed by atoms with E-state index in [1.165, 1.54) is 22.2 Å². The molecule has 1 fully saturated rings. The third-order valence-electron chi connectivity index (χ3n) is 5.47. The third-order valence-corrected chi connectivity index (χ3v) is 6.21. The highest BCUT2D eigenvalue weighted by Gasteiger charge is 2.39. The predicted molar refractivity (Wildman–Crippen MR) is 120 cm³/mol. The number of carboxylic acid groups (broad SMARTS) is 1. The first-order valence-corrected chi connectivity index (χ1v) is 11.0. The molecule has 0 spiro atoms. The van der Waals surface area contributed by atoms with Crippen LogP contribution in [-0.2, 0) is 16.1 Å². The minimum absolute atomic E-state index is 0.0219. The number of amides is 2. The van der Waals surface area contributed by atoms with Crippen LogP contribution in [0.5, 0.6) is 0 Å². The van der Waals surface area contributed by atoms with Gasteiger partial charge in [-0.05, 0) is 23.1 Å². The highest BCUT2D eigenvalue weighted by atomic mass is 35.5. The number of nitrogens with one attached hydrogen (secondary N) is 1. The fourth-order valence-electron chi connectivity index (χ4n) is 3.60. The fourth-order valence-corrected chi connectivity index (χ4v) is 3.90. The van der Waals surface area contributed by atoms with Crippen molar-refractivity contribution < 1.29 is 19.4 Å². The lowest BCUT2D eigenvalue weighted by Gasteiger charge is -2.34. The molecule has 2 amide bonds. The molecule has 1 saturated heterocycles. The van der Waals surface area contributed by atoms with E-state index >= 15 is 0 Å². The van der Waals surface area contributed by atoms with E-state index in [4.69, 9.17) is 27.9 Å². The Kier molecular flexibility index (Phi) is 7.63. The number of rotatable bonds is 5. The minimum atomic E-state index is -1.02. The van der Waals surface area contributed by atoms with Crippen molar-refractivity contribution in [2.45, 2.75) is 45.4 Å². The molecule has 2 aromatic rings. The zero-order chi connectivity index (χ0) is 23.5. The average Bonchev–Trinajstić information content (AvgIpc) is 3.12. The summed E-state index contributed by atoms with van der Waals surface area (Å²) >= 11 is 12.3. The van der Waals surface area contributed by atoms with Gasteiger partial charge in [-0.25, -0.2) is 14.5 Å². The summed E-state index contributed by atoms with van der Waals surface area (Å²) in [4.78, 5) is 29.6. The van der Waals surface area contributed by atoms with E-state index in [1.807, 2.05) is 26.8 Å². The molecule has 3 rings (SSSR count). The SMILES string of the molecule is CC(C)(C)C1CN(C(=O)O)CC(c2ccc(Cl)c(Cl)c2)C(CNC(=O)Cn2cncn2)O1. The van der Waals surface area contributed by atoms with Crippen molar-refractivity contribution >= 4 is 35.2 Å². The summed E-state index contributed by atoms with van der Waals surface area (Å²) in [6.45, 7) is 6.63. The van der Waals surface area contributed by atoms with Crippen LogP contribution < -0.4 is 5.32 Å². The Morgan fingerprint density at radius 2 is 2.00 bits per heavy atom. The van der Waals surface area contributed by atoms with Crippen LogP contribution >= 0.6 is 23.2 Å². The van der Waals surface area contributed by atoms with Crippen LogP contribution in [0, 0.1) is 5.41 Å². The van der Waals surface area contributed by atoms with Gasteiger partial charge in [-0.3, -0.25) is 4.79 Å². The Bertz CT molecular complexity index is 948. The predicted octanol–water partition coefficient (Wildman–Crippen LogP) is 3.28. The van der Waals surface area contributed by atoms with Gasteiger partial charge in [0.05, 0.1) is 28.8 Å². The van der Waals surface area contributed by atoms with Gasteiger partial charge in [0.25, 0.3) is 0 Å². The second kappa shape index (κ2) is 10.1. The smallest absolute Gasteiger partial charge is 0.407 e. The van der Waals surface area contributed by atoms with Crippen molar-refractivity contribution in [3.05, 3.63) is 46.5 Å². The molecule has 9 nitrogen and oxygen atoms in total. The normalized spacial score (nSPS) is 21.8. The summed E-state index contributed by atoms with van der Waals surface area (Å²) in [5.41, 5.74) is 0.471. The molecular formula is C21H27Cl2N5O4. The quantitative estimate of drug-likeness (QED) is 0.674. The number of benzene rings is 1.